The number of carboxylic acid groups (broad SMARTS) is 1. The lowest BCUT2D eigenvalue weighted by Gasteiger charge is -2.08. The van der Waals surface area contributed by atoms with Crippen LogP contribution in [0.3, 0.4) is 0 Å². The summed E-state index contributed by atoms with van der Waals surface area (Å²) in [5, 5.41) is 9.12. The number of aromatic carboxylic acids is 1. The molecule has 0 aliphatic heterocycles. The van der Waals surface area contributed by atoms with Gasteiger partial charge in [-0.15, -0.1) is 11.8 Å². The number of aryl methyl sites for hydroxylation is 1. The molecule has 4 nitrogen and oxygen atoms in total. The van der Waals surface area contributed by atoms with Gasteiger partial charge in [-0.25, -0.2) is 9.78 Å². The first-order chi connectivity index (χ1) is 9.61. The Bertz CT molecular complexity index is 628. The SMILES string of the molecule is COc1ncccc1CSc1ccc(C)c(C(=O)O)c1. The van der Waals surface area contributed by atoms with Gasteiger partial charge in [-0.2, -0.15) is 0 Å². The summed E-state index contributed by atoms with van der Waals surface area (Å²) < 4.78 is 5.20. The number of aromatic nitrogens is 1. The van der Waals surface area contributed by atoms with Crippen molar-refractivity contribution in [3.05, 3.63) is 53.2 Å². The summed E-state index contributed by atoms with van der Waals surface area (Å²) in [5.74, 6) is 0.383. The molecule has 104 valence electrons. The highest BCUT2D eigenvalue weighted by Crippen LogP contribution is 2.28. The number of ether oxygens (including phenoxy) is 1. The van der Waals surface area contributed by atoms with E-state index in [2.05, 4.69) is 4.98 Å². The molecule has 2 rings (SSSR count). The lowest BCUT2D eigenvalue weighted by atomic mass is 10.1. The van der Waals surface area contributed by atoms with Gasteiger partial charge >= 0.3 is 5.97 Å². The summed E-state index contributed by atoms with van der Waals surface area (Å²) in [4.78, 5) is 16.2. The molecule has 0 spiro atoms. The topological polar surface area (TPSA) is 59.4 Å². The first kappa shape index (κ1) is 14.4. The van der Waals surface area contributed by atoms with Gasteiger partial charge in [0.15, 0.2) is 0 Å². The highest BCUT2D eigenvalue weighted by Gasteiger charge is 2.09. The van der Waals surface area contributed by atoms with Crippen LogP contribution < -0.4 is 4.74 Å². The molecule has 0 saturated heterocycles. The normalized spacial score (nSPS) is 10.3. The summed E-state index contributed by atoms with van der Waals surface area (Å²) in [6.07, 6.45) is 1.68. The standard InChI is InChI=1S/C15H15NO3S/c1-10-5-6-12(8-13(10)15(17)18)20-9-11-4-3-7-16-14(11)19-2/h3-8H,9H2,1-2H3,(H,17,18). The molecule has 0 radical (unpaired) electrons. The van der Waals surface area contributed by atoms with Crippen molar-refractivity contribution < 1.29 is 14.6 Å². The van der Waals surface area contributed by atoms with Crippen molar-refractivity contribution >= 4 is 17.7 Å². The predicted molar refractivity (Wildman–Crippen MR) is 78.5 cm³/mol. The maximum atomic E-state index is 11.1. The van der Waals surface area contributed by atoms with E-state index in [4.69, 9.17) is 9.84 Å². The number of carboxylic acids is 1. The second-order valence-electron chi connectivity index (χ2n) is 4.24. The van der Waals surface area contributed by atoms with Gasteiger partial charge in [0.25, 0.3) is 0 Å². The quantitative estimate of drug-likeness (QED) is 0.855. The van der Waals surface area contributed by atoms with Gasteiger partial charge in [0.2, 0.25) is 5.88 Å². The number of benzene rings is 1. The van der Waals surface area contributed by atoms with E-state index in [1.54, 1.807) is 38.1 Å². The number of thioether (sulfide) groups is 1. The summed E-state index contributed by atoms with van der Waals surface area (Å²) in [6.45, 7) is 1.79. The zero-order valence-electron chi connectivity index (χ0n) is 11.3. The molecule has 0 unspecified atom stereocenters. The lowest BCUT2D eigenvalue weighted by Crippen LogP contribution is -1.99. The molecule has 0 atom stereocenters. The summed E-state index contributed by atoms with van der Waals surface area (Å²) >= 11 is 1.56. The van der Waals surface area contributed by atoms with E-state index in [0.717, 1.165) is 16.0 Å². The van der Waals surface area contributed by atoms with E-state index in [-0.39, 0.29) is 0 Å². The third-order valence-electron chi connectivity index (χ3n) is 2.88. The van der Waals surface area contributed by atoms with E-state index in [0.29, 0.717) is 17.2 Å². The maximum Gasteiger partial charge on any atom is 0.335 e. The van der Waals surface area contributed by atoms with Crippen molar-refractivity contribution in [2.75, 3.05) is 7.11 Å². The van der Waals surface area contributed by atoms with Crippen LogP contribution in [-0.4, -0.2) is 23.2 Å². The van der Waals surface area contributed by atoms with Gasteiger partial charge in [-0.1, -0.05) is 12.1 Å². The zero-order chi connectivity index (χ0) is 14.5. The van der Waals surface area contributed by atoms with Crippen molar-refractivity contribution in [1.82, 2.24) is 4.98 Å². The first-order valence-electron chi connectivity index (χ1n) is 6.06. The predicted octanol–water partition coefficient (Wildman–Crippen LogP) is 3.39. The second-order valence-corrected chi connectivity index (χ2v) is 5.29. The first-order valence-corrected chi connectivity index (χ1v) is 7.05. The Morgan fingerprint density at radius 3 is 2.90 bits per heavy atom. The van der Waals surface area contributed by atoms with Crippen LogP contribution in [0.25, 0.3) is 0 Å². The number of hydrogen-bond acceptors (Lipinski definition) is 4. The molecule has 2 aromatic rings. The number of hydrogen-bond donors (Lipinski definition) is 1. The molecule has 1 N–H and O–H groups in total. The molecule has 0 saturated carbocycles. The van der Waals surface area contributed by atoms with Crippen LogP contribution in [0, 0.1) is 6.92 Å². The van der Waals surface area contributed by atoms with Crippen LogP contribution in [0.2, 0.25) is 0 Å². The Kier molecular flexibility index (Phi) is 4.63. The summed E-state index contributed by atoms with van der Waals surface area (Å²) in [7, 11) is 1.59. The Labute approximate surface area is 121 Å². The van der Waals surface area contributed by atoms with Gasteiger partial charge in [0, 0.05) is 22.4 Å². The summed E-state index contributed by atoms with van der Waals surface area (Å²) in [5.41, 5.74) is 2.09. The van der Waals surface area contributed by atoms with Crippen LogP contribution in [0.4, 0.5) is 0 Å². The van der Waals surface area contributed by atoms with Crippen molar-refractivity contribution in [2.24, 2.45) is 0 Å². The largest absolute Gasteiger partial charge is 0.481 e. The number of methoxy groups -OCH3 is 1. The smallest absolute Gasteiger partial charge is 0.335 e. The monoisotopic (exact) mass is 289 g/mol. The lowest BCUT2D eigenvalue weighted by molar-refractivity contribution is 0.0696. The fourth-order valence-corrected chi connectivity index (χ4v) is 2.71. The van der Waals surface area contributed by atoms with E-state index in [1.807, 2.05) is 24.3 Å². The van der Waals surface area contributed by atoms with Crippen molar-refractivity contribution in [1.29, 1.82) is 0 Å². The van der Waals surface area contributed by atoms with E-state index in [9.17, 15) is 4.79 Å². The molecule has 0 aliphatic rings. The van der Waals surface area contributed by atoms with E-state index in [1.165, 1.54) is 0 Å². The minimum Gasteiger partial charge on any atom is -0.481 e. The fraction of sp³-hybridized carbons (Fsp3) is 0.200. The van der Waals surface area contributed by atoms with Crippen LogP contribution in [0.1, 0.15) is 21.5 Å². The van der Waals surface area contributed by atoms with Crippen LogP contribution >= 0.6 is 11.8 Å². The van der Waals surface area contributed by atoms with Crippen LogP contribution in [0.5, 0.6) is 5.88 Å². The Morgan fingerprint density at radius 1 is 1.40 bits per heavy atom. The van der Waals surface area contributed by atoms with Gasteiger partial charge < -0.3 is 9.84 Å². The average molecular weight is 289 g/mol. The van der Waals surface area contributed by atoms with Gasteiger partial charge in [0.05, 0.1) is 12.7 Å². The minimum atomic E-state index is -0.899. The Morgan fingerprint density at radius 2 is 2.20 bits per heavy atom. The minimum absolute atomic E-state index is 0.341. The average Bonchev–Trinajstić information content (AvgIpc) is 2.46. The zero-order valence-corrected chi connectivity index (χ0v) is 12.1. The molecule has 0 aliphatic carbocycles. The number of carbonyl (C=O) groups is 1. The number of pyridine rings is 1. The molecule has 1 aromatic carbocycles. The van der Waals surface area contributed by atoms with Crippen molar-refractivity contribution in [2.45, 2.75) is 17.6 Å². The highest BCUT2D eigenvalue weighted by atomic mass is 32.2. The third kappa shape index (κ3) is 3.30. The second kappa shape index (κ2) is 6.43. The molecular weight excluding hydrogens is 274 g/mol. The van der Waals surface area contributed by atoms with Gasteiger partial charge in [0.1, 0.15) is 0 Å². The molecular formula is C15H15NO3S. The summed E-state index contributed by atoms with van der Waals surface area (Å²) in [6, 6.07) is 9.26. The van der Waals surface area contributed by atoms with Crippen LogP contribution in [-0.2, 0) is 5.75 Å². The molecule has 5 heteroatoms. The van der Waals surface area contributed by atoms with Crippen LogP contribution in [0.15, 0.2) is 41.4 Å². The molecule has 1 heterocycles. The molecule has 20 heavy (non-hydrogen) atoms. The van der Waals surface area contributed by atoms with Crippen molar-refractivity contribution in [3.63, 3.8) is 0 Å². The maximum absolute atomic E-state index is 11.1. The molecule has 0 fully saturated rings. The fourth-order valence-electron chi connectivity index (χ4n) is 1.80. The highest BCUT2D eigenvalue weighted by molar-refractivity contribution is 7.98. The van der Waals surface area contributed by atoms with Crippen molar-refractivity contribution in [3.8, 4) is 5.88 Å². The molecule has 1 aromatic heterocycles. The number of rotatable bonds is 5. The third-order valence-corrected chi connectivity index (χ3v) is 3.92. The van der Waals surface area contributed by atoms with Gasteiger partial charge in [-0.3, -0.25) is 0 Å². The molecule has 0 bridgehead atoms. The van der Waals surface area contributed by atoms with Gasteiger partial charge in [-0.05, 0) is 30.7 Å². The molecule has 0 amide bonds. The Hall–Kier alpha value is -2.01. The number of nitrogens with zero attached hydrogens (tertiary/aromatic N) is 1. The Balaban J connectivity index is 2.15. The van der Waals surface area contributed by atoms with E-state index >= 15 is 0 Å². The van der Waals surface area contributed by atoms with E-state index < -0.39 is 5.97 Å².